The summed E-state index contributed by atoms with van der Waals surface area (Å²) in [5.41, 5.74) is 2.75. The number of aromatic nitrogens is 3. The second-order valence-corrected chi connectivity index (χ2v) is 5.91. The average Bonchev–Trinajstić information content (AvgIpc) is 2.47. The van der Waals surface area contributed by atoms with Crippen molar-refractivity contribution in [2.24, 2.45) is 5.41 Å². The smallest absolute Gasteiger partial charge is 0.213 e. The molecule has 1 fully saturated rings. The van der Waals surface area contributed by atoms with Gasteiger partial charge in [0.15, 0.2) is 0 Å². The molecule has 3 nitrogen and oxygen atoms in total. The quantitative estimate of drug-likeness (QED) is 0.685. The third kappa shape index (κ3) is 0.893. The van der Waals surface area contributed by atoms with Crippen molar-refractivity contribution in [1.82, 2.24) is 15.2 Å². The number of nitrogens with zero attached hydrogens (tertiary/aromatic N) is 2. The molecular formula is C11H15N3S. The van der Waals surface area contributed by atoms with E-state index in [0.29, 0.717) is 10.7 Å². The van der Waals surface area contributed by atoms with Crippen molar-refractivity contribution >= 4 is 12.2 Å². The number of hydrogen-bond acceptors (Lipinski definition) is 3. The minimum Gasteiger partial charge on any atom is -0.252 e. The lowest BCUT2D eigenvalue weighted by Crippen LogP contribution is -2.32. The standard InChI is InChI=1S/C11H15N3S/c1-10(2)6-4-5-11(10,3)8-7(6)12-9(15)14-13-8/h6H,4-5H2,1-3H3,(H,12,14,15)/t6-,11-/m1/s1. The zero-order chi connectivity index (χ0) is 10.8. The predicted molar refractivity (Wildman–Crippen MR) is 60.3 cm³/mol. The van der Waals surface area contributed by atoms with E-state index in [0.717, 1.165) is 11.4 Å². The second-order valence-electron chi connectivity index (χ2n) is 5.52. The van der Waals surface area contributed by atoms with Crippen LogP contribution in [-0.4, -0.2) is 15.2 Å². The molecule has 2 bridgehead atoms. The van der Waals surface area contributed by atoms with Gasteiger partial charge in [0.2, 0.25) is 4.77 Å². The van der Waals surface area contributed by atoms with Crippen LogP contribution in [0.1, 0.15) is 50.9 Å². The molecule has 0 saturated heterocycles. The highest BCUT2D eigenvalue weighted by atomic mass is 32.1. The van der Waals surface area contributed by atoms with Crippen molar-refractivity contribution in [3.8, 4) is 0 Å². The number of nitrogens with one attached hydrogen (secondary N) is 1. The first kappa shape index (κ1) is 9.46. The fraction of sp³-hybridized carbons (Fsp3) is 0.727. The van der Waals surface area contributed by atoms with Crippen LogP contribution in [0.25, 0.3) is 0 Å². The summed E-state index contributed by atoms with van der Waals surface area (Å²) in [5, 5.41) is 7.25. The van der Waals surface area contributed by atoms with Crippen molar-refractivity contribution in [2.75, 3.05) is 0 Å². The fourth-order valence-electron chi connectivity index (χ4n) is 3.40. The molecule has 2 aliphatic carbocycles. The predicted octanol–water partition coefficient (Wildman–Crippen LogP) is 2.71. The first-order chi connectivity index (χ1) is 6.97. The van der Waals surface area contributed by atoms with E-state index in [1.165, 1.54) is 12.8 Å². The number of rotatable bonds is 0. The van der Waals surface area contributed by atoms with Crippen LogP contribution >= 0.6 is 12.2 Å². The Morgan fingerprint density at radius 3 is 2.87 bits per heavy atom. The van der Waals surface area contributed by atoms with Crippen LogP contribution in [0.3, 0.4) is 0 Å². The van der Waals surface area contributed by atoms with Gasteiger partial charge in [0.25, 0.3) is 0 Å². The summed E-state index contributed by atoms with van der Waals surface area (Å²) >= 11 is 5.05. The maximum atomic E-state index is 5.05. The van der Waals surface area contributed by atoms with E-state index in [1.807, 2.05) is 0 Å². The van der Waals surface area contributed by atoms with Crippen LogP contribution < -0.4 is 0 Å². The second kappa shape index (κ2) is 2.48. The van der Waals surface area contributed by atoms with Crippen LogP contribution in [0, 0.1) is 10.2 Å². The van der Waals surface area contributed by atoms with Crippen molar-refractivity contribution in [3.63, 3.8) is 0 Å². The van der Waals surface area contributed by atoms with E-state index < -0.39 is 0 Å². The van der Waals surface area contributed by atoms with Crippen molar-refractivity contribution < 1.29 is 0 Å². The van der Waals surface area contributed by atoms with Crippen LogP contribution in [0.15, 0.2) is 0 Å². The minimum absolute atomic E-state index is 0.180. The summed E-state index contributed by atoms with van der Waals surface area (Å²) in [7, 11) is 0. The van der Waals surface area contributed by atoms with E-state index in [1.54, 1.807) is 0 Å². The molecule has 0 spiro atoms. The van der Waals surface area contributed by atoms with Gasteiger partial charge in [-0.2, -0.15) is 5.10 Å². The topological polar surface area (TPSA) is 41.6 Å². The van der Waals surface area contributed by atoms with Crippen LogP contribution in [0.4, 0.5) is 0 Å². The number of fused-ring (bicyclic) bond motifs is 5. The molecule has 0 unspecified atom stereocenters. The summed E-state index contributed by atoms with van der Waals surface area (Å²) < 4.78 is 0.515. The lowest BCUT2D eigenvalue weighted by atomic mass is 9.70. The minimum atomic E-state index is 0.180. The van der Waals surface area contributed by atoms with Gasteiger partial charge in [0.1, 0.15) is 0 Å². The summed E-state index contributed by atoms with van der Waals surface area (Å²) in [6.45, 7) is 6.97. The third-order valence-electron chi connectivity index (χ3n) is 4.81. The van der Waals surface area contributed by atoms with E-state index >= 15 is 0 Å². The molecule has 4 heteroatoms. The molecule has 1 N–H and O–H groups in total. The molecule has 2 aliphatic rings. The van der Waals surface area contributed by atoms with Crippen molar-refractivity contribution in [3.05, 3.63) is 16.2 Å². The molecule has 15 heavy (non-hydrogen) atoms. The molecule has 0 radical (unpaired) electrons. The van der Waals surface area contributed by atoms with Gasteiger partial charge in [0.05, 0.1) is 11.4 Å². The highest BCUT2D eigenvalue weighted by molar-refractivity contribution is 7.71. The molecule has 1 aromatic heterocycles. The van der Waals surface area contributed by atoms with E-state index in [2.05, 4.69) is 36.0 Å². The van der Waals surface area contributed by atoms with Crippen LogP contribution in [0.5, 0.6) is 0 Å². The van der Waals surface area contributed by atoms with Gasteiger partial charge in [-0.25, -0.2) is 4.98 Å². The lowest BCUT2D eigenvalue weighted by molar-refractivity contribution is 0.226. The van der Waals surface area contributed by atoms with Crippen LogP contribution in [0.2, 0.25) is 0 Å². The Morgan fingerprint density at radius 1 is 1.40 bits per heavy atom. The number of H-pyrrole nitrogens is 1. The Bertz CT molecular complexity index is 491. The van der Waals surface area contributed by atoms with E-state index in [9.17, 15) is 0 Å². The monoisotopic (exact) mass is 221 g/mol. The van der Waals surface area contributed by atoms with Crippen LogP contribution in [-0.2, 0) is 5.41 Å². The molecule has 0 amide bonds. The maximum absolute atomic E-state index is 5.05. The zero-order valence-electron chi connectivity index (χ0n) is 9.29. The van der Waals surface area contributed by atoms with Gasteiger partial charge in [0, 0.05) is 11.3 Å². The van der Waals surface area contributed by atoms with Gasteiger partial charge in [-0.1, -0.05) is 20.8 Å². The Morgan fingerprint density at radius 2 is 2.13 bits per heavy atom. The Hall–Kier alpha value is -0.770. The summed E-state index contributed by atoms with van der Waals surface area (Å²) in [5.74, 6) is 0.543. The van der Waals surface area contributed by atoms with Gasteiger partial charge in [-0.05, 0) is 30.5 Å². The Labute approximate surface area is 94.3 Å². The van der Waals surface area contributed by atoms with E-state index in [-0.39, 0.29) is 10.8 Å². The van der Waals surface area contributed by atoms with E-state index in [4.69, 9.17) is 12.2 Å². The highest BCUT2D eigenvalue weighted by Gasteiger charge is 2.61. The summed E-state index contributed by atoms with van der Waals surface area (Å²) in [6.07, 6.45) is 2.45. The van der Waals surface area contributed by atoms with Crippen molar-refractivity contribution in [1.29, 1.82) is 0 Å². The van der Waals surface area contributed by atoms with Gasteiger partial charge < -0.3 is 0 Å². The van der Waals surface area contributed by atoms with Crippen molar-refractivity contribution in [2.45, 2.75) is 44.9 Å². The molecule has 2 atom stereocenters. The summed E-state index contributed by atoms with van der Waals surface area (Å²) in [4.78, 5) is 4.47. The lowest BCUT2D eigenvalue weighted by Gasteiger charge is -2.33. The van der Waals surface area contributed by atoms with Gasteiger partial charge in [-0.15, -0.1) is 0 Å². The Balaban J connectivity index is 2.33. The first-order valence-electron chi connectivity index (χ1n) is 5.44. The molecule has 0 aliphatic heterocycles. The fourth-order valence-corrected chi connectivity index (χ4v) is 3.54. The molecule has 1 aromatic rings. The zero-order valence-corrected chi connectivity index (χ0v) is 10.1. The maximum Gasteiger partial charge on any atom is 0.213 e. The normalized spacial score (nSPS) is 35.5. The molecule has 0 aromatic carbocycles. The SMILES string of the molecule is CC1(C)[C@@H]2CC[C@]1(C)c1n[nH]c(=S)nc12. The first-order valence-corrected chi connectivity index (χ1v) is 5.85. The molecule has 1 heterocycles. The van der Waals surface area contributed by atoms with Gasteiger partial charge >= 0.3 is 0 Å². The molecule has 1 saturated carbocycles. The number of aromatic amines is 1. The highest BCUT2D eigenvalue weighted by Crippen LogP contribution is 2.66. The number of hydrogen-bond donors (Lipinski definition) is 1. The Kier molecular flexibility index (Phi) is 1.57. The average molecular weight is 221 g/mol. The largest absolute Gasteiger partial charge is 0.252 e. The molecule has 3 rings (SSSR count). The molecule has 80 valence electrons. The molecular weight excluding hydrogens is 206 g/mol. The van der Waals surface area contributed by atoms with Gasteiger partial charge in [-0.3, -0.25) is 5.10 Å². The third-order valence-corrected chi connectivity index (χ3v) is 4.99. The summed E-state index contributed by atoms with van der Waals surface area (Å²) in [6, 6.07) is 0.